The van der Waals surface area contributed by atoms with Crippen molar-refractivity contribution in [3.8, 4) is 0 Å². The molecule has 0 saturated heterocycles. The standard InChI is InChI=1S/C65H58N2/c1-48-34-40-54(41-35-48)60(55-42-36-49(2)37-43-55)31-18-20-50-38-44-58(45-39-50)67-62-33-17-7-16-30-61(62)65-63(66(56-26-12-5-13-27-56)57-28-14-6-15-29-57)46-51(47-64(65)67)21-19-32-59(52-22-8-3-9-23-52)53-24-10-4-11-25-53/h3-6,8-15,18-29,31-32,34-47,61-62H,7,16-17,30,33H2,1-2H3/b20-18+,21-19+. The van der Waals surface area contributed by atoms with Gasteiger partial charge < -0.3 is 9.80 Å². The molecule has 67 heavy (non-hydrogen) atoms. The van der Waals surface area contributed by atoms with Crippen LogP contribution in [0.5, 0.6) is 0 Å². The van der Waals surface area contributed by atoms with E-state index in [1.807, 2.05) is 0 Å². The van der Waals surface area contributed by atoms with Crippen LogP contribution in [-0.4, -0.2) is 6.04 Å². The minimum Gasteiger partial charge on any atom is -0.337 e. The van der Waals surface area contributed by atoms with Crippen molar-refractivity contribution >= 4 is 51.7 Å². The van der Waals surface area contributed by atoms with Crippen LogP contribution in [0.15, 0.2) is 231 Å². The van der Waals surface area contributed by atoms with Gasteiger partial charge in [0, 0.05) is 40.3 Å². The molecule has 2 aliphatic rings. The maximum atomic E-state index is 2.70. The second-order valence-electron chi connectivity index (χ2n) is 18.1. The van der Waals surface area contributed by atoms with E-state index in [0.717, 1.165) is 17.8 Å². The Morgan fingerprint density at radius 1 is 0.463 bits per heavy atom. The molecule has 0 radical (unpaired) electrons. The van der Waals surface area contributed by atoms with E-state index in [9.17, 15) is 0 Å². The van der Waals surface area contributed by atoms with Crippen LogP contribution in [0.2, 0.25) is 0 Å². The molecule has 1 heterocycles. The summed E-state index contributed by atoms with van der Waals surface area (Å²) in [6.07, 6.45) is 19.6. The lowest BCUT2D eigenvalue weighted by Crippen LogP contribution is -2.29. The lowest BCUT2D eigenvalue weighted by Gasteiger charge is -2.30. The Morgan fingerprint density at radius 3 is 1.45 bits per heavy atom. The Bertz CT molecular complexity index is 2890. The summed E-state index contributed by atoms with van der Waals surface area (Å²) >= 11 is 0. The molecular formula is C65H58N2. The molecule has 8 aromatic carbocycles. The number of aryl methyl sites for hydroxylation is 2. The van der Waals surface area contributed by atoms with Crippen LogP contribution >= 0.6 is 0 Å². The van der Waals surface area contributed by atoms with E-state index < -0.39 is 0 Å². The molecule has 2 unspecified atom stereocenters. The molecule has 0 aromatic heterocycles. The Labute approximate surface area is 398 Å². The fourth-order valence-electron chi connectivity index (χ4n) is 10.2. The lowest BCUT2D eigenvalue weighted by atomic mass is 9.88. The molecule has 10 rings (SSSR count). The summed E-state index contributed by atoms with van der Waals surface area (Å²) in [5.41, 5.74) is 19.7. The molecule has 1 fully saturated rings. The monoisotopic (exact) mass is 866 g/mol. The van der Waals surface area contributed by atoms with Gasteiger partial charge in [0.15, 0.2) is 0 Å². The van der Waals surface area contributed by atoms with Crippen molar-refractivity contribution in [3.63, 3.8) is 0 Å². The van der Waals surface area contributed by atoms with Gasteiger partial charge in [-0.1, -0.05) is 225 Å². The van der Waals surface area contributed by atoms with Gasteiger partial charge >= 0.3 is 0 Å². The third kappa shape index (κ3) is 9.67. The van der Waals surface area contributed by atoms with Crippen molar-refractivity contribution in [2.24, 2.45) is 0 Å². The first-order valence-corrected chi connectivity index (χ1v) is 24.1. The van der Waals surface area contributed by atoms with Gasteiger partial charge in [0.2, 0.25) is 0 Å². The Morgan fingerprint density at radius 2 is 0.925 bits per heavy atom. The van der Waals surface area contributed by atoms with E-state index in [-0.39, 0.29) is 0 Å². The predicted molar refractivity (Wildman–Crippen MR) is 287 cm³/mol. The number of anilines is 5. The smallest absolute Gasteiger partial charge is 0.0524 e. The molecule has 0 spiro atoms. The van der Waals surface area contributed by atoms with Crippen LogP contribution in [-0.2, 0) is 0 Å². The van der Waals surface area contributed by atoms with Crippen molar-refractivity contribution < 1.29 is 0 Å². The molecule has 1 saturated carbocycles. The van der Waals surface area contributed by atoms with Gasteiger partial charge in [-0.15, -0.1) is 0 Å². The molecule has 1 aliphatic heterocycles. The third-order valence-electron chi connectivity index (χ3n) is 13.5. The second kappa shape index (κ2) is 20.2. The summed E-state index contributed by atoms with van der Waals surface area (Å²) < 4.78 is 0. The first-order valence-electron chi connectivity index (χ1n) is 24.1. The number of allylic oxidation sites excluding steroid dienone is 4. The van der Waals surface area contributed by atoms with Crippen LogP contribution in [0.1, 0.15) is 88.1 Å². The zero-order valence-corrected chi connectivity index (χ0v) is 38.7. The summed E-state index contributed by atoms with van der Waals surface area (Å²) in [5.74, 6) is 0.398. The third-order valence-corrected chi connectivity index (χ3v) is 13.5. The zero-order chi connectivity index (χ0) is 45.4. The summed E-state index contributed by atoms with van der Waals surface area (Å²) in [4.78, 5) is 5.20. The van der Waals surface area contributed by atoms with Crippen molar-refractivity contribution in [2.75, 3.05) is 9.80 Å². The Balaban J connectivity index is 1.08. The molecule has 0 bridgehead atoms. The van der Waals surface area contributed by atoms with E-state index in [2.05, 4.69) is 266 Å². The molecule has 0 amide bonds. The molecule has 0 N–H and O–H groups in total. The van der Waals surface area contributed by atoms with Crippen LogP contribution in [0.25, 0.3) is 23.3 Å². The largest absolute Gasteiger partial charge is 0.337 e. The first-order chi connectivity index (χ1) is 33.1. The topological polar surface area (TPSA) is 6.48 Å². The van der Waals surface area contributed by atoms with Crippen molar-refractivity contribution in [3.05, 3.63) is 281 Å². The van der Waals surface area contributed by atoms with Crippen molar-refractivity contribution in [1.29, 1.82) is 0 Å². The van der Waals surface area contributed by atoms with Gasteiger partial charge in [-0.25, -0.2) is 0 Å². The highest BCUT2D eigenvalue weighted by molar-refractivity contribution is 5.89. The Hall–Kier alpha value is -7.68. The van der Waals surface area contributed by atoms with Gasteiger partial charge in [-0.2, -0.15) is 0 Å². The second-order valence-corrected chi connectivity index (χ2v) is 18.1. The predicted octanol–water partition coefficient (Wildman–Crippen LogP) is 17.6. The average Bonchev–Trinajstić information content (AvgIpc) is 3.49. The molecule has 328 valence electrons. The number of para-hydroxylation sites is 2. The van der Waals surface area contributed by atoms with E-state index in [4.69, 9.17) is 0 Å². The van der Waals surface area contributed by atoms with Crippen LogP contribution in [0.4, 0.5) is 28.4 Å². The molecule has 2 nitrogen and oxygen atoms in total. The van der Waals surface area contributed by atoms with E-state index >= 15 is 0 Å². The number of fused-ring (bicyclic) bond motifs is 3. The van der Waals surface area contributed by atoms with Gasteiger partial charge in [0.25, 0.3) is 0 Å². The maximum Gasteiger partial charge on any atom is 0.0524 e. The normalized spacial score (nSPS) is 15.5. The fraction of sp³-hybridized carbons (Fsp3) is 0.138. The quantitative estimate of drug-likeness (QED) is 0.113. The molecule has 2 atom stereocenters. The van der Waals surface area contributed by atoms with Crippen LogP contribution in [0, 0.1) is 13.8 Å². The zero-order valence-electron chi connectivity index (χ0n) is 38.7. The van der Waals surface area contributed by atoms with Crippen molar-refractivity contribution in [2.45, 2.75) is 57.9 Å². The summed E-state index contributed by atoms with van der Waals surface area (Å²) in [6, 6.07) is 75.6. The van der Waals surface area contributed by atoms with Gasteiger partial charge in [0.05, 0.1) is 5.69 Å². The maximum absolute atomic E-state index is 2.70. The minimum atomic E-state index is 0.363. The highest BCUT2D eigenvalue weighted by atomic mass is 15.2. The number of nitrogens with zero attached hydrogens (tertiary/aromatic N) is 2. The number of hydrogen-bond acceptors (Lipinski definition) is 2. The SMILES string of the molecule is Cc1ccc(C(=C/C=C/c2ccc(N3c4cc(/C=C/C=C(c5ccccc5)c5ccccc5)cc(N(c5ccccc5)c5ccccc5)c4C4CCCCCC43)cc2)c2ccc(C)cc2)cc1. The lowest BCUT2D eigenvalue weighted by molar-refractivity contribution is 0.529. The molecule has 1 aliphatic carbocycles. The molecule has 2 heteroatoms. The van der Waals surface area contributed by atoms with Crippen molar-refractivity contribution in [1.82, 2.24) is 0 Å². The van der Waals surface area contributed by atoms with E-state index in [0.29, 0.717) is 12.0 Å². The summed E-state index contributed by atoms with van der Waals surface area (Å²) in [6.45, 7) is 4.29. The van der Waals surface area contributed by atoms with Gasteiger partial charge in [-0.3, -0.25) is 0 Å². The number of rotatable bonds is 12. The van der Waals surface area contributed by atoms with Crippen LogP contribution in [0.3, 0.4) is 0 Å². The summed E-state index contributed by atoms with van der Waals surface area (Å²) in [7, 11) is 0. The summed E-state index contributed by atoms with van der Waals surface area (Å²) in [5, 5.41) is 0. The first kappa shape index (κ1) is 43.2. The number of benzene rings is 8. The van der Waals surface area contributed by atoms with Crippen LogP contribution < -0.4 is 9.80 Å². The highest BCUT2D eigenvalue weighted by Crippen LogP contribution is 2.56. The average molecular weight is 867 g/mol. The molecular weight excluding hydrogens is 809 g/mol. The highest BCUT2D eigenvalue weighted by Gasteiger charge is 2.42. The van der Waals surface area contributed by atoms with Gasteiger partial charge in [-0.05, 0) is 120 Å². The fourth-order valence-corrected chi connectivity index (χ4v) is 10.2. The minimum absolute atomic E-state index is 0.363. The van der Waals surface area contributed by atoms with Gasteiger partial charge in [0.1, 0.15) is 0 Å². The Kier molecular flexibility index (Phi) is 13.1. The van der Waals surface area contributed by atoms with E-state index in [1.165, 1.54) is 104 Å². The number of hydrogen-bond donors (Lipinski definition) is 0. The molecule has 8 aromatic rings. The van der Waals surface area contributed by atoms with E-state index in [1.54, 1.807) is 0 Å².